The smallest absolute Gasteiger partial charge is 0.124 e. The summed E-state index contributed by atoms with van der Waals surface area (Å²) in [6, 6.07) is 13.0. The van der Waals surface area contributed by atoms with Crippen LogP contribution in [0, 0.1) is 0 Å². The van der Waals surface area contributed by atoms with Crippen LogP contribution in [0.1, 0.15) is 16.5 Å². The first-order valence-electron chi connectivity index (χ1n) is 7.01. The maximum atomic E-state index is 5.58. The fourth-order valence-electron chi connectivity index (χ4n) is 2.81. The Labute approximate surface area is 124 Å². The molecule has 0 unspecified atom stereocenters. The van der Waals surface area contributed by atoms with E-state index in [1.807, 2.05) is 17.4 Å². The highest BCUT2D eigenvalue weighted by Crippen LogP contribution is 2.36. The zero-order chi connectivity index (χ0) is 13.8. The van der Waals surface area contributed by atoms with Crippen molar-refractivity contribution < 1.29 is 4.74 Å². The molecule has 0 radical (unpaired) electrons. The molecule has 0 spiro atoms. The summed E-state index contributed by atoms with van der Waals surface area (Å²) in [4.78, 5) is 3.93. The SMILES string of the molecule is COc1ccccc1[C@H](c1cccs1)N1CCNCC1. The second-order valence-corrected chi connectivity index (χ2v) is 5.93. The fraction of sp³-hybridized carbons (Fsp3) is 0.375. The number of benzene rings is 1. The van der Waals surface area contributed by atoms with Crippen LogP contribution in [-0.4, -0.2) is 38.2 Å². The summed E-state index contributed by atoms with van der Waals surface area (Å²) in [6.07, 6.45) is 0. The number of hydrogen-bond acceptors (Lipinski definition) is 4. The number of thiophene rings is 1. The first-order valence-corrected chi connectivity index (χ1v) is 7.89. The molecule has 1 N–H and O–H groups in total. The molecular formula is C16H20N2OS. The van der Waals surface area contributed by atoms with Gasteiger partial charge in [0.15, 0.2) is 0 Å². The Balaban J connectivity index is 2.00. The fourth-order valence-corrected chi connectivity index (χ4v) is 3.69. The third kappa shape index (κ3) is 2.73. The summed E-state index contributed by atoms with van der Waals surface area (Å²) in [7, 11) is 1.75. The summed E-state index contributed by atoms with van der Waals surface area (Å²) in [5.41, 5.74) is 1.26. The lowest BCUT2D eigenvalue weighted by atomic mass is 10.0. The van der Waals surface area contributed by atoms with Gasteiger partial charge in [0.2, 0.25) is 0 Å². The van der Waals surface area contributed by atoms with Gasteiger partial charge >= 0.3 is 0 Å². The molecule has 3 rings (SSSR count). The largest absolute Gasteiger partial charge is 0.496 e. The minimum atomic E-state index is 0.299. The van der Waals surface area contributed by atoms with E-state index >= 15 is 0 Å². The average molecular weight is 288 g/mol. The van der Waals surface area contributed by atoms with Crippen molar-refractivity contribution in [1.29, 1.82) is 0 Å². The molecule has 4 heteroatoms. The molecule has 1 aliphatic rings. The Hall–Kier alpha value is -1.36. The molecule has 2 aromatic rings. The van der Waals surface area contributed by atoms with Crippen LogP contribution in [0.3, 0.4) is 0 Å². The van der Waals surface area contributed by atoms with E-state index in [9.17, 15) is 0 Å². The Morgan fingerprint density at radius 2 is 1.95 bits per heavy atom. The van der Waals surface area contributed by atoms with Gasteiger partial charge in [-0.15, -0.1) is 11.3 Å². The van der Waals surface area contributed by atoms with Gasteiger partial charge in [-0.05, 0) is 17.5 Å². The van der Waals surface area contributed by atoms with E-state index in [2.05, 4.69) is 45.9 Å². The molecule has 1 aromatic heterocycles. The van der Waals surface area contributed by atoms with E-state index in [0.29, 0.717) is 6.04 Å². The molecule has 3 nitrogen and oxygen atoms in total. The van der Waals surface area contributed by atoms with Gasteiger partial charge in [0.05, 0.1) is 13.2 Å². The number of methoxy groups -OCH3 is 1. The van der Waals surface area contributed by atoms with E-state index in [1.165, 1.54) is 10.4 Å². The maximum absolute atomic E-state index is 5.58. The molecular weight excluding hydrogens is 268 g/mol. The van der Waals surface area contributed by atoms with E-state index < -0.39 is 0 Å². The minimum Gasteiger partial charge on any atom is -0.496 e. The number of nitrogens with one attached hydrogen (secondary N) is 1. The standard InChI is InChI=1S/C16H20N2OS/c1-19-14-6-3-2-5-13(14)16(15-7-4-12-20-15)18-10-8-17-9-11-18/h2-7,12,16-17H,8-11H2,1H3/t16-/m1/s1. The Morgan fingerprint density at radius 3 is 2.65 bits per heavy atom. The van der Waals surface area contributed by atoms with Crippen LogP contribution in [0.15, 0.2) is 41.8 Å². The second kappa shape index (κ2) is 6.39. The quantitative estimate of drug-likeness (QED) is 0.936. The lowest BCUT2D eigenvalue weighted by Gasteiger charge is -2.35. The van der Waals surface area contributed by atoms with Crippen LogP contribution in [0.5, 0.6) is 5.75 Å². The van der Waals surface area contributed by atoms with E-state index in [0.717, 1.165) is 31.9 Å². The van der Waals surface area contributed by atoms with Gasteiger partial charge in [-0.1, -0.05) is 24.3 Å². The van der Waals surface area contributed by atoms with Crippen molar-refractivity contribution >= 4 is 11.3 Å². The number of hydrogen-bond donors (Lipinski definition) is 1. The molecule has 0 saturated carbocycles. The second-order valence-electron chi connectivity index (χ2n) is 4.95. The predicted octanol–water partition coefficient (Wildman–Crippen LogP) is 2.75. The monoisotopic (exact) mass is 288 g/mol. The summed E-state index contributed by atoms with van der Waals surface area (Å²) in [5.74, 6) is 0.976. The van der Waals surface area contributed by atoms with Crippen LogP contribution in [0.2, 0.25) is 0 Å². The lowest BCUT2D eigenvalue weighted by Crippen LogP contribution is -2.45. The van der Waals surface area contributed by atoms with Gasteiger partial charge < -0.3 is 10.1 Å². The highest BCUT2D eigenvalue weighted by Gasteiger charge is 2.26. The number of piperazine rings is 1. The third-order valence-electron chi connectivity index (χ3n) is 3.76. The topological polar surface area (TPSA) is 24.5 Å². The number of rotatable bonds is 4. The van der Waals surface area contributed by atoms with Crippen molar-refractivity contribution in [3.8, 4) is 5.75 Å². The average Bonchev–Trinajstić information content (AvgIpc) is 3.03. The molecule has 1 aliphatic heterocycles. The molecule has 1 saturated heterocycles. The summed E-state index contributed by atoms with van der Waals surface area (Å²) < 4.78 is 5.58. The van der Waals surface area contributed by atoms with Gasteiger partial charge in [-0.3, -0.25) is 4.90 Å². The van der Waals surface area contributed by atoms with Crippen molar-refractivity contribution in [1.82, 2.24) is 10.2 Å². The van der Waals surface area contributed by atoms with Crippen LogP contribution in [0.4, 0.5) is 0 Å². The van der Waals surface area contributed by atoms with Gasteiger partial charge in [-0.25, -0.2) is 0 Å². The maximum Gasteiger partial charge on any atom is 0.124 e. The van der Waals surface area contributed by atoms with Crippen LogP contribution in [0.25, 0.3) is 0 Å². The number of ether oxygens (including phenoxy) is 1. The van der Waals surface area contributed by atoms with Crippen molar-refractivity contribution in [2.24, 2.45) is 0 Å². The van der Waals surface area contributed by atoms with E-state index in [1.54, 1.807) is 7.11 Å². The van der Waals surface area contributed by atoms with Crippen molar-refractivity contribution in [3.63, 3.8) is 0 Å². The lowest BCUT2D eigenvalue weighted by molar-refractivity contribution is 0.197. The summed E-state index contributed by atoms with van der Waals surface area (Å²) in [5, 5.41) is 5.58. The first kappa shape index (κ1) is 13.6. The number of nitrogens with zero attached hydrogens (tertiary/aromatic N) is 1. The van der Waals surface area contributed by atoms with Gasteiger partial charge in [0, 0.05) is 36.6 Å². The van der Waals surface area contributed by atoms with Crippen LogP contribution in [-0.2, 0) is 0 Å². The molecule has 1 fully saturated rings. The molecule has 1 aromatic carbocycles. The van der Waals surface area contributed by atoms with Crippen LogP contribution >= 0.6 is 11.3 Å². The molecule has 0 aliphatic carbocycles. The number of para-hydroxylation sites is 1. The molecule has 1 atom stereocenters. The van der Waals surface area contributed by atoms with Crippen LogP contribution < -0.4 is 10.1 Å². The normalized spacial score (nSPS) is 17.9. The summed E-state index contributed by atoms with van der Waals surface area (Å²) >= 11 is 1.82. The predicted molar refractivity (Wildman–Crippen MR) is 83.6 cm³/mol. The minimum absolute atomic E-state index is 0.299. The zero-order valence-electron chi connectivity index (χ0n) is 11.7. The highest BCUT2D eigenvalue weighted by molar-refractivity contribution is 7.10. The zero-order valence-corrected chi connectivity index (χ0v) is 12.5. The van der Waals surface area contributed by atoms with Gasteiger partial charge in [0.25, 0.3) is 0 Å². The third-order valence-corrected chi connectivity index (χ3v) is 4.69. The molecule has 0 amide bonds. The van der Waals surface area contributed by atoms with E-state index in [-0.39, 0.29) is 0 Å². The van der Waals surface area contributed by atoms with Crippen molar-refractivity contribution in [3.05, 3.63) is 52.2 Å². The molecule has 20 heavy (non-hydrogen) atoms. The Morgan fingerprint density at radius 1 is 1.15 bits per heavy atom. The molecule has 106 valence electrons. The van der Waals surface area contributed by atoms with Crippen molar-refractivity contribution in [2.45, 2.75) is 6.04 Å². The molecule has 0 bridgehead atoms. The van der Waals surface area contributed by atoms with Crippen molar-refractivity contribution in [2.75, 3.05) is 33.3 Å². The Kier molecular flexibility index (Phi) is 4.35. The van der Waals surface area contributed by atoms with Gasteiger partial charge in [-0.2, -0.15) is 0 Å². The summed E-state index contributed by atoms with van der Waals surface area (Å²) in [6.45, 7) is 4.25. The first-order chi connectivity index (χ1) is 9.90. The highest BCUT2D eigenvalue weighted by atomic mass is 32.1. The molecule has 2 heterocycles. The Bertz CT molecular complexity index is 535. The van der Waals surface area contributed by atoms with E-state index in [4.69, 9.17) is 4.74 Å². The van der Waals surface area contributed by atoms with Gasteiger partial charge in [0.1, 0.15) is 5.75 Å².